The number of hydrogen-bond donors (Lipinski definition) is 2. The van der Waals surface area contributed by atoms with E-state index in [4.69, 9.17) is 9.47 Å². The van der Waals surface area contributed by atoms with Crippen LogP contribution in [-0.2, 0) is 4.74 Å². The highest BCUT2D eigenvalue weighted by molar-refractivity contribution is 6.09. The molecule has 6 nitrogen and oxygen atoms in total. The third kappa shape index (κ3) is 5.60. The van der Waals surface area contributed by atoms with Crippen molar-refractivity contribution in [3.8, 4) is 5.75 Å². The average Bonchev–Trinajstić information content (AvgIpc) is 2.67. The lowest BCUT2D eigenvalue weighted by Gasteiger charge is -2.11. The van der Waals surface area contributed by atoms with E-state index in [0.29, 0.717) is 42.3 Å². The second-order valence-corrected chi connectivity index (χ2v) is 5.62. The van der Waals surface area contributed by atoms with E-state index in [1.54, 1.807) is 55.6 Å². The number of para-hydroxylation sites is 1. The molecule has 0 atom stereocenters. The predicted molar refractivity (Wildman–Crippen MR) is 101 cm³/mol. The van der Waals surface area contributed by atoms with Crippen molar-refractivity contribution in [2.45, 2.75) is 13.3 Å². The summed E-state index contributed by atoms with van der Waals surface area (Å²) in [6.45, 7) is 3.52. The van der Waals surface area contributed by atoms with Gasteiger partial charge in [-0.15, -0.1) is 0 Å². The van der Waals surface area contributed by atoms with Crippen molar-refractivity contribution in [3.63, 3.8) is 0 Å². The molecule has 0 aliphatic rings. The number of ether oxygens (including phenoxy) is 2. The van der Waals surface area contributed by atoms with E-state index in [-0.39, 0.29) is 11.8 Å². The number of carbonyl (C=O) groups is 2. The van der Waals surface area contributed by atoms with Gasteiger partial charge in [0.2, 0.25) is 0 Å². The zero-order chi connectivity index (χ0) is 18.8. The second-order valence-electron chi connectivity index (χ2n) is 5.62. The van der Waals surface area contributed by atoms with Gasteiger partial charge in [0.1, 0.15) is 12.4 Å². The number of methoxy groups -OCH3 is 1. The van der Waals surface area contributed by atoms with Gasteiger partial charge in [0, 0.05) is 19.2 Å². The van der Waals surface area contributed by atoms with Crippen LogP contribution in [0.5, 0.6) is 5.75 Å². The number of benzene rings is 2. The Morgan fingerprint density at radius 1 is 0.962 bits per heavy atom. The Morgan fingerprint density at radius 3 is 2.38 bits per heavy atom. The lowest BCUT2D eigenvalue weighted by molar-refractivity contribution is 0.0954. The van der Waals surface area contributed by atoms with Crippen molar-refractivity contribution in [1.29, 1.82) is 0 Å². The van der Waals surface area contributed by atoms with Crippen molar-refractivity contribution in [3.05, 3.63) is 59.7 Å². The van der Waals surface area contributed by atoms with Gasteiger partial charge in [0.25, 0.3) is 11.8 Å². The van der Waals surface area contributed by atoms with Gasteiger partial charge in [-0.05, 0) is 42.8 Å². The zero-order valence-corrected chi connectivity index (χ0v) is 15.1. The van der Waals surface area contributed by atoms with E-state index in [1.165, 1.54) is 0 Å². The van der Waals surface area contributed by atoms with Crippen molar-refractivity contribution >= 4 is 17.5 Å². The van der Waals surface area contributed by atoms with Gasteiger partial charge in [-0.25, -0.2) is 0 Å². The highest BCUT2D eigenvalue weighted by Gasteiger charge is 2.13. The first-order valence-corrected chi connectivity index (χ1v) is 8.56. The quantitative estimate of drug-likeness (QED) is 0.677. The van der Waals surface area contributed by atoms with Crippen LogP contribution < -0.4 is 15.4 Å². The monoisotopic (exact) mass is 356 g/mol. The van der Waals surface area contributed by atoms with E-state index in [0.717, 1.165) is 6.42 Å². The molecule has 2 aromatic carbocycles. The molecule has 0 aliphatic carbocycles. The summed E-state index contributed by atoms with van der Waals surface area (Å²) < 4.78 is 10.4. The van der Waals surface area contributed by atoms with Gasteiger partial charge in [0.15, 0.2) is 0 Å². The minimum Gasteiger partial charge on any atom is -0.491 e. The van der Waals surface area contributed by atoms with Gasteiger partial charge in [-0.2, -0.15) is 0 Å². The smallest absolute Gasteiger partial charge is 0.255 e. The lowest BCUT2D eigenvalue weighted by atomic mass is 10.1. The molecule has 2 aromatic rings. The molecule has 0 spiro atoms. The Kier molecular flexibility index (Phi) is 7.64. The molecule has 0 heterocycles. The van der Waals surface area contributed by atoms with E-state index >= 15 is 0 Å². The minimum atomic E-state index is -0.288. The number of hydrogen-bond acceptors (Lipinski definition) is 4. The summed E-state index contributed by atoms with van der Waals surface area (Å²) in [5, 5.41) is 5.61. The molecular weight excluding hydrogens is 332 g/mol. The van der Waals surface area contributed by atoms with Crippen LogP contribution in [0.2, 0.25) is 0 Å². The molecule has 0 saturated heterocycles. The first-order valence-electron chi connectivity index (χ1n) is 8.56. The second kappa shape index (κ2) is 10.2. The van der Waals surface area contributed by atoms with Gasteiger partial charge >= 0.3 is 0 Å². The van der Waals surface area contributed by atoms with Crippen LogP contribution in [0.3, 0.4) is 0 Å². The predicted octanol–water partition coefficient (Wildman–Crippen LogP) is 3.10. The van der Waals surface area contributed by atoms with Gasteiger partial charge in [-0.1, -0.05) is 19.1 Å². The van der Waals surface area contributed by atoms with Crippen molar-refractivity contribution < 1.29 is 19.1 Å². The van der Waals surface area contributed by atoms with E-state index < -0.39 is 0 Å². The van der Waals surface area contributed by atoms with Crippen LogP contribution in [-0.4, -0.2) is 38.7 Å². The molecule has 0 radical (unpaired) electrons. The Morgan fingerprint density at radius 2 is 1.69 bits per heavy atom. The molecule has 2 N–H and O–H groups in total. The summed E-state index contributed by atoms with van der Waals surface area (Å²) in [5.74, 6) is 0.173. The highest BCUT2D eigenvalue weighted by Crippen LogP contribution is 2.18. The fraction of sp³-hybridized carbons (Fsp3) is 0.300. The van der Waals surface area contributed by atoms with Gasteiger partial charge in [-0.3, -0.25) is 9.59 Å². The summed E-state index contributed by atoms with van der Waals surface area (Å²) in [6, 6.07) is 13.7. The van der Waals surface area contributed by atoms with Gasteiger partial charge in [0.05, 0.1) is 17.9 Å². The van der Waals surface area contributed by atoms with Crippen LogP contribution in [0.1, 0.15) is 34.1 Å². The minimum absolute atomic E-state index is 0.204. The first-order chi connectivity index (χ1) is 12.7. The molecule has 0 unspecified atom stereocenters. The normalized spacial score (nSPS) is 10.2. The highest BCUT2D eigenvalue weighted by atomic mass is 16.5. The number of anilines is 1. The molecule has 26 heavy (non-hydrogen) atoms. The van der Waals surface area contributed by atoms with Crippen molar-refractivity contribution in [2.24, 2.45) is 0 Å². The van der Waals surface area contributed by atoms with Crippen LogP contribution in [0, 0.1) is 0 Å². The Balaban J connectivity index is 2.04. The topological polar surface area (TPSA) is 76.7 Å². The third-order valence-corrected chi connectivity index (χ3v) is 3.63. The maximum Gasteiger partial charge on any atom is 0.255 e. The summed E-state index contributed by atoms with van der Waals surface area (Å²) in [7, 11) is 1.61. The summed E-state index contributed by atoms with van der Waals surface area (Å²) in [5.41, 5.74) is 1.40. The summed E-state index contributed by atoms with van der Waals surface area (Å²) in [6.07, 6.45) is 0.846. The van der Waals surface area contributed by atoms with Crippen molar-refractivity contribution in [2.75, 3.05) is 32.2 Å². The lowest BCUT2D eigenvalue weighted by Crippen LogP contribution is -2.25. The Hall–Kier alpha value is -2.86. The third-order valence-electron chi connectivity index (χ3n) is 3.63. The van der Waals surface area contributed by atoms with Crippen LogP contribution in [0.25, 0.3) is 0 Å². The number of nitrogens with one attached hydrogen (secondary N) is 2. The van der Waals surface area contributed by atoms with Crippen molar-refractivity contribution in [1.82, 2.24) is 5.32 Å². The summed E-state index contributed by atoms with van der Waals surface area (Å²) in [4.78, 5) is 24.7. The molecule has 0 aromatic heterocycles. The molecular formula is C20H24N2O4. The molecule has 138 valence electrons. The molecule has 6 heteroatoms. The molecule has 0 bridgehead atoms. The molecule has 2 rings (SSSR count). The summed E-state index contributed by atoms with van der Waals surface area (Å²) >= 11 is 0. The SMILES string of the molecule is CCCNC(=O)c1ccccc1NC(=O)c1ccc(OCCOC)cc1. The maximum absolute atomic E-state index is 12.5. The Bertz CT molecular complexity index is 729. The fourth-order valence-corrected chi connectivity index (χ4v) is 2.26. The first kappa shape index (κ1) is 19.5. The average molecular weight is 356 g/mol. The standard InChI is InChI=1S/C20H24N2O4/c1-3-12-21-20(24)17-6-4-5-7-18(17)22-19(23)15-8-10-16(11-9-15)26-14-13-25-2/h4-11H,3,12-14H2,1-2H3,(H,21,24)(H,22,23). The molecule has 2 amide bonds. The fourth-order valence-electron chi connectivity index (χ4n) is 2.26. The maximum atomic E-state index is 12.5. The Labute approximate surface area is 153 Å². The zero-order valence-electron chi connectivity index (χ0n) is 15.1. The van der Waals surface area contributed by atoms with E-state index in [9.17, 15) is 9.59 Å². The van der Waals surface area contributed by atoms with Crippen LogP contribution in [0.4, 0.5) is 5.69 Å². The number of amides is 2. The largest absolute Gasteiger partial charge is 0.491 e. The molecule has 0 aliphatic heterocycles. The van der Waals surface area contributed by atoms with E-state index in [2.05, 4.69) is 10.6 Å². The van der Waals surface area contributed by atoms with E-state index in [1.807, 2.05) is 6.92 Å². The molecule has 0 saturated carbocycles. The molecule has 0 fully saturated rings. The number of carbonyl (C=O) groups excluding carboxylic acids is 2. The van der Waals surface area contributed by atoms with Crippen LogP contribution >= 0.6 is 0 Å². The number of rotatable bonds is 9. The van der Waals surface area contributed by atoms with Gasteiger partial charge < -0.3 is 20.1 Å². The van der Waals surface area contributed by atoms with Crippen LogP contribution in [0.15, 0.2) is 48.5 Å².